The van der Waals surface area contributed by atoms with E-state index in [1.807, 2.05) is 32.9 Å². The quantitative estimate of drug-likeness (QED) is 0.298. The van der Waals surface area contributed by atoms with Crippen LogP contribution in [0.25, 0.3) is 0 Å². The van der Waals surface area contributed by atoms with Crippen molar-refractivity contribution < 1.29 is 17.6 Å². The summed E-state index contributed by atoms with van der Waals surface area (Å²) in [6.07, 6.45) is 0.579. The number of rotatable bonds is 10. The number of carbonyl (C=O) groups excluding carboxylic acids is 1. The Morgan fingerprint density at radius 1 is 1.10 bits per heavy atom. The van der Waals surface area contributed by atoms with Gasteiger partial charge in [0.2, 0.25) is 15.9 Å². The molecular formula is C31H38ClFN4O3S. The van der Waals surface area contributed by atoms with Crippen LogP contribution in [0.15, 0.2) is 77.7 Å². The fourth-order valence-electron chi connectivity index (χ4n) is 5.72. The Morgan fingerprint density at radius 3 is 2.49 bits per heavy atom. The molecule has 0 radical (unpaired) electrons. The van der Waals surface area contributed by atoms with Crippen LogP contribution in [-0.4, -0.2) is 49.8 Å². The first-order chi connectivity index (χ1) is 19.5. The van der Waals surface area contributed by atoms with Crippen LogP contribution in [-0.2, 0) is 21.2 Å². The van der Waals surface area contributed by atoms with Gasteiger partial charge in [0.15, 0.2) is 0 Å². The maximum atomic E-state index is 15.2. The Bertz CT molecular complexity index is 1450. The van der Waals surface area contributed by atoms with E-state index in [0.29, 0.717) is 35.8 Å². The van der Waals surface area contributed by atoms with Gasteiger partial charge in [0, 0.05) is 47.4 Å². The van der Waals surface area contributed by atoms with Gasteiger partial charge in [0.05, 0.1) is 10.9 Å². The van der Waals surface area contributed by atoms with Crippen LogP contribution in [0.2, 0.25) is 5.02 Å². The second-order valence-electron chi connectivity index (χ2n) is 11.0. The predicted octanol–water partition coefficient (Wildman–Crippen LogP) is 5.17. The summed E-state index contributed by atoms with van der Waals surface area (Å²) < 4.78 is 43.9. The third kappa shape index (κ3) is 7.16. The molecule has 0 bridgehead atoms. The largest absolute Gasteiger partial charge is 0.324 e. The lowest BCUT2D eigenvalue weighted by Gasteiger charge is -2.40. The molecule has 4 N–H and O–H groups in total. The Hall–Kier alpha value is -2.82. The highest BCUT2D eigenvalue weighted by molar-refractivity contribution is 7.89. The fourth-order valence-corrected chi connectivity index (χ4v) is 7.78. The lowest BCUT2D eigenvalue weighted by Crippen LogP contribution is -2.58. The van der Waals surface area contributed by atoms with Crippen molar-refractivity contribution in [1.29, 1.82) is 0 Å². The summed E-state index contributed by atoms with van der Waals surface area (Å²) in [7, 11) is -3.76. The van der Waals surface area contributed by atoms with E-state index in [1.54, 1.807) is 48.5 Å². The van der Waals surface area contributed by atoms with E-state index in [-0.39, 0.29) is 29.2 Å². The number of piperazine rings is 1. The molecule has 10 heteroatoms. The van der Waals surface area contributed by atoms with E-state index in [2.05, 4.69) is 10.6 Å². The molecule has 1 heterocycles. The first kappa shape index (κ1) is 31.1. The monoisotopic (exact) mass is 600 g/mol. The van der Waals surface area contributed by atoms with E-state index >= 15 is 4.39 Å². The second kappa shape index (κ2) is 13.4. The molecule has 0 aromatic heterocycles. The van der Waals surface area contributed by atoms with Gasteiger partial charge in [-0.2, -0.15) is 4.31 Å². The number of benzene rings is 3. The van der Waals surface area contributed by atoms with Gasteiger partial charge >= 0.3 is 0 Å². The number of hydrogen-bond donors (Lipinski definition) is 3. The summed E-state index contributed by atoms with van der Waals surface area (Å²) in [5, 5.41) is 6.71. The zero-order chi connectivity index (χ0) is 29.7. The van der Waals surface area contributed by atoms with Crippen molar-refractivity contribution in [3.8, 4) is 0 Å². The van der Waals surface area contributed by atoms with Crippen molar-refractivity contribution in [1.82, 2.24) is 9.62 Å². The van der Waals surface area contributed by atoms with Gasteiger partial charge < -0.3 is 16.4 Å². The van der Waals surface area contributed by atoms with E-state index in [1.165, 1.54) is 16.4 Å². The van der Waals surface area contributed by atoms with Gasteiger partial charge in [0.1, 0.15) is 5.82 Å². The van der Waals surface area contributed by atoms with E-state index in [9.17, 15) is 13.2 Å². The van der Waals surface area contributed by atoms with Crippen LogP contribution in [0.5, 0.6) is 0 Å². The average molecular weight is 601 g/mol. The van der Waals surface area contributed by atoms with Gasteiger partial charge in [-0.15, -0.1) is 0 Å². The summed E-state index contributed by atoms with van der Waals surface area (Å²) in [6.45, 7) is 6.79. The van der Waals surface area contributed by atoms with Crippen LogP contribution < -0.4 is 16.4 Å². The number of carbonyl (C=O) groups is 1. The molecule has 7 nitrogen and oxygen atoms in total. The van der Waals surface area contributed by atoms with Gasteiger partial charge in [-0.05, 0) is 67.6 Å². The second-order valence-corrected chi connectivity index (χ2v) is 13.2. The number of sulfonamides is 1. The Morgan fingerprint density at radius 2 is 1.80 bits per heavy atom. The number of nitrogens with two attached hydrogens (primary N) is 1. The number of amides is 1. The van der Waals surface area contributed by atoms with E-state index in [0.717, 1.165) is 5.56 Å². The van der Waals surface area contributed by atoms with Gasteiger partial charge in [0.25, 0.3) is 0 Å². The zero-order valence-electron chi connectivity index (χ0n) is 23.6. The Kier molecular flexibility index (Phi) is 10.2. The molecule has 0 saturated carbocycles. The number of hydrogen-bond acceptors (Lipinski definition) is 5. The minimum atomic E-state index is -3.76. The molecule has 3 aromatic rings. The molecule has 0 unspecified atom stereocenters. The van der Waals surface area contributed by atoms with Crippen LogP contribution in [0.4, 0.5) is 10.1 Å². The minimum Gasteiger partial charge on any atom is -0.324 e. The maximum Gasteiger partial charge on any atom is 0.243 e. The molecule has 1 fully saturated rings. The normalized spacial score (nSPS) is 19.6. The van der Waals surface area contributed by atoms with Gasteiger partial charge in [-0.3, -0.25) is 4.79 Å². The summed E-state index contributed by atoms with van der Waals surface area (Å²) in [6, 6.07) is 18.6. The highest BCUT2D eigenvalue weighted by Gasteiger charge is 2.38. The molecule has 1 aliphatic heterocycles. The SMILES string of the molecule is CC(C)[C@H](c1cccc(Cl)c1)[C@H](N)C(=O)Nc1cccc(F)c1CC[C@H]1CNC[C@@H](C)N1S(=O)(=O)c1ccccc1. The molecule has 4 atom stereocenters. The minimum absolute atomic E-state index is 0.0412. The molecule has 0 spiro atoms. The van der Waals surface area contributed by atoms with E-state index < -0.39 is 33.8 Å². The molecule has 1 aliphatic rings. The van der Waals surface area contributed by atoms with Gasteiger partial charge in [-0.1, -0.05) is 61.8 Å². The number of anilines is 1. The lowest BCUT2D eigenvalue weighted by molar-refractivity contribution is -0.118. The zero-order valence-corrected chi connectivity index (χ0v) is 25.1. The summed E-state index contributed by atoms with van der Waals surface area (Å²) in [5.41, 5.74) is 7.97. The topological polar surface area (TPSA) is 105 Å². The first-order valence-corrected chi connectivity index (χ1v) is 15.7. The molecule has 1 amide bonds. The van der Waals surface area contributed by atoms with Crippen molar-refractivity contribution in [2.24, 2.45) is 11.7 Å². The Labute approximate surface area is 247 Å². The number of nitrogens with one attached hydrogen (secondary N) is 2. The average Bonchev–Trinajstić information content (AvgIpc) is 2.93. The van der Waals surface area contributed by atoms with E-state index in [4.69, 9.17) is 17.3 Å². The van der Waals surface area contributed by atoms with Crippen LogP contribution in [0.1, 0.15) is 44.2 Å². The van der Waals surface area contributed by atoms with Crippen molar-refractivity contribution in [3.63, 3.8) is 0 Å². The summed E-state index contributed by atoms with van der Waals surface area (Å²) in [5.74, 6) is -1.17. The predicted molar refractivity (Wildman–Crippen MR) is 162 cm³/mol. The lowest BCUT2D eigenvalue weighted by atomic mass is 9.82. The highest BCUT2D eigenvalue weighted by atomic mass is 35.5. The molecule has 220 valence electrons. The van der Waals surface area contributed by atoms with Crippen molar-refractivity contribution in [2.75, 3.05) is 18.4 Å². The first-order valence-electron chi connectivity index (χ1n) is 13.9. The van der Waals surface area contributed by atoms with Crippen LogP contribution >= 0.6 is 11.6 Å². The highest BCUT2D eigenvalue weighted by Crippen LogP contribution is 2.31. The molecule has 41 heavy (non-hydrogen) atoms. The smallest absolute Gasteiger partial charge is 0.243 e. The number of halogens is 2. The number of nitrogens with zero attached hydrogens (tertiary/aromatic N) is 1. The standard InChI is InChI=1S/C31H38ClFN4O3S/c1-20(2)29(22-9-7-10-23(32)17-22)30(34)31(38)36-28-14-8-13-27(33)26(28)16-15-24-19-35-18-21(3)37(24)41(39,40)25-11-5-4-6-12-25/h4-14,17,20-21,24,29-30,35H,15-16,18-19,34H2,1-3H3,(H,36,38)/t21-,24+,29-,30+/m1/s1. The van der Waals surface area contributed by atoms with Crippen LogP contribution in [0.3, 0.4) is 0 Å². The van der Waals surface area contributed by atoms with Gasteiger partial charge in [-0.25, -0.2) is 12.8 Å². The van der Waals surface area contributed by atoms with Crippen molar-refractivity contribution >= 4 is 33.2 Å². The molecular weight excluding hydrogens is 563 g/mol. The van der Waals surface area contributed by atoms with Crippen molar-refractivity contribution in [3.05, 3.63) is 94.8 Å². The summed E-state index contributed by atoms with van der Waals surface area (Å²) >= 11 is 6.20. The fraction of sp³-hybridized carbons (Fsp3) is 0.387. The van der Waals surface area contributed by atoms with Crippen LogP contribution in [0, 0.1) is 11.7 Å². The third-order valence-corrected chi connectivity index (χ3v) is 9.99. The maximum absolute atomic E-state index is 15.2. The Balaban J connectivity index is 1.54. The summed E-state index contributed by atoms with van der Waals surface area (Å²) in [4.78, 5) is 13.6. The molecule has 0 aliphatic carbocycles. The molecule has 4 rings (SSSR count). The third-order valence-electron chi connectivity index (χ3n) is 7.68. The molecule has 3 aromatic carbocycles. The van der Waals surface area contributed by atoms with Crippen molar-refractivity contribution in [2.45, 2.75) is 62.6 Å². The molecule has 1 saturated heterocycles.